The van der Waals surface area contributed by atoms with Crippen LogP contribution in [-0.4, -0.2) is 47.8 Å². The van der Waals surface area contributed by atoms with E-state index < -0.39 is 0 Å². The standard InChI is InChI=1S/C18H20ClN3O3S/c1-24-11-6-7-12(15(9-11)25-2)14-5-4-8-22(14)17(23)16-13(19)10-20-18(21-16)26-3/h6-7,9-10,14H,4-5,8H2,1-3H3. The smallest absolute Gasteiger partial charge is 0.274 e. The molecule has 1 atom stereocenters. The number of carbonyl (C=O) groups is 1. The number of methoxy groups -OCH3 is 2. The lowest BCUT2D eigenvalue weighted by molar-refractivity contribution is 0.0727. The Morgan fingerprint density at radius 2 is 2.15 bits per heavy atom. The van der Waals surface area contributed by atoms with Crippen LogP contribution in [0.25, 0.3) is 0 Å². The first-order valence-electron chi connectivity index (χ1n) is 8.18. The molecule has 0 N–H and O–H groups in total. The Morgan fingerprint density at radius 1 is 1.35 bits per heavy atom. The van der Waals surface area contributed by atoms with Crippen molar-refractivity contribution in [3.63, 3.8) is 0 Å². The molecule has 2 aromatic rings. The minimum atomic E-state index is -0.187. The molecule has 1 saturated heterocycles. The summed E-state index contributed by atoms with van der Waals surface area (Å²) in [7, 11) is 3.23. The fraction of sp³-hybridized carbons (Fsp3) is 0.389. The van der Waals surface area contributed by atoms with Gasteiger partial charge in [-0.2, -0.15) is 0 Å². The third-order valence-corrected chi connectivity index (χ3v) is 5.26. The lowest BCUT2D eigenvalue weighted by Crippen LogP contribution is -2.31. The van der Waals surface area contributed by atoms with Gasteiger partial charge in [0.05, 0.1) is 31.5 Å². The molecule has 1 aliphatic heterocycles. The van der Waals surface area contributed by atoms with Gasteiger partial charge >= 0.3 is 0 Å². The second-order valence-corrected chi connectivity index (χ2v) is 7.00. The van der Waals surface area contributed by atoms with Crippen molar-refractivity contribution in [2.24, 2.45) is 0 Å². The molecule has 3 rings (SSSR count). The predicted octanol–water partition coefficient (Wildman–Crippen LogP) is 3.85. The van der Waals surface area contributed by atoms with Crippen LogP contribution in [0.1, 0.15) is 34.9 Å². The number of thioether (sulfide) groups is 1. The summed E-state index contributed by atoms with van der Waals surface area (Å²) in [6, 6.07) is 5.57. The molecule has 2 heterocycles. The Kier molecular flexibility index (Phi) is 5.88. The number of halogens is 1. The van der Waals surface area contributed by atoms with Crippen LogP contribution >= 0.6 is 23.4 Å². The number of likely N-dealkylation sites (tertiary alicyclic amines) is 1. The molecular weight excluding hydrogens is 374 g/mol. The fourth-order valence-corrected chi connectivity index (χ4v) is 3.67. The molecule has 8 heteroatoms. The molecule has 0 spiro atoms. The van der Waals surface area contributed by atoms with E-state index in [2.05, 4.69) is 9.97 Å². The van der Waals surface area contributed by atoms with Crippen LogP contribution < -0.4 is 9.47 Å². The molecule has 26 heavy (non-hydrogen) atoms. The Hall–Kier alpha value is -1.99. The number of ether oxygens (including phenoxy) is 2. The second kappa shape index (κ2) is 8.14. The molecule has 0 bridgehead atoms. The minimum Gasteiger partial charge on any atom is -0.497 e. The quantitative estimate of drug-likeness (QED) is 0.568. The van der Waals surface area contributed by atoms with Gasteiger partial charge in [-0.15, -0.1) is 0 Å². The number of benzene rings is 1. The topological polar surface area (TPSA) is 64.5 Å². The van der Waals surface area contributed by atoms with Crippen molar-refractivity contribution in [2.75, 3.05) is 27.0 Å². The zero-order valence-corrected chi connectivity index (χ0v) is 16.4. The van der Waals surface area contributed by atoms with Crippen molar-refractivity contribution in [1.82, 2.24) is 14.9 Å². The molecular formula is C18H20ClN3O3S. The number of amides is 1. The van der Waals surface area contributed by atoms with Gasteiger partial charge in [-0.3, -0.25) is 4.79 Å². The van der Waals surface area contributed by atoms with E-state index in [0.29, 0.717) is 23.2 Å². The third kappa shape index (κ3) is 3.59. The van der Waals surface area contributed by atoms with Gasteiger partial charge < -0.3 is 14.4 Å². The Balaban J connectivity index is 1.95. The lowest BCUT2D eigenvalue weighted by atomic mass is 10.0. The maximum absolute atomic E-state index is 13.1. The maximum Gasteiger partial charge on any atom is 0.274 e. The first kappa shape index (κ1) is 18.8. The van der Waals surface area contributed by atoms with E-state index in [9.17, 15) is 4.79 Å². The van der Waals surface area contributed by atoms with E-state index in [1.807, 2.05) is 29.4 Å². The largest absolute Gasteiger partial charge is 0.497 e. The van der Waals surface area contributed by atoms with Gasteiger partial charge in [0.1, 0.15) is 11.5 Å². The summed E-state index contributed by atoms with van der Waals surface area (Å²) in [5, 5.41) is 0.788. The van der Waals surface area contributed by atoms with Gasteiger partial charge in [0.2, 0.25) is 0 Å². The van der Waals surface area contributed by atoms with Crippen molar-refractivity contribution in [1.29, 1.82) is 0 Å². The highest BCUT2D eigenvalue weighted by Crippen LogP contribution is 2.39. The van der Waals surface area contributed by atoms with Crippen molar-refractivity contribution in [3.8, 4) is 11.5 Å². The predicted molar refractivity (Wildman–Crippen MR) is 101 cm³/mol. The molecule has 138 valence electrons. The Morgan fingerprint density at radius 3 is 2.85 bits per heavy atom. The van der Waals surface area contributed by atoms with Crippen molar-refractivity contribution in [3.05, 3.63) is 40.7 Å². The van der Waals surface area contributed by atoms with Gasteiger partial charge in [-0.05, 0) is 31.2 Å². The van der Waals surface area contributed by atoms with Crippen LogP contribution in [0.15, 0.2) is 29.6 Å². The van der Waals surface area contributed by atoms with E-state index in [1.54, 1.807) is 14.2 Å². The van der Waals surface area contributed by atoms with Gasteiger partial charge in [0.15, 0.2) is 10.9 Å². The van der Waals surface area contributed by atoms with E-state index in [-0.39, 0.29) is 22.7 Å². The SMILES string of the molecule is COc1ccc(C2CCCN2C(=O)c2nc(SC)ncc2Cl)c(OC)c1. The molecule has 1 unspecified atom stereocenters. The molecule has 6 nitrogen and oxygen atoms in total. The summed E-state index contributed by atoms with van der Waals surface area (Å²) in [6.07, 6.45) is 5.10. The van der Waals surface area contributed by atoms with E-state index in [0.717, 1.165) is 18.4 Å². The van der Waals surface area contributed by atoms with Crippen LogP contribution in [0.2, 0.25) is 5.02 Å². The summed E-state index contributed by atoms with van der Waals surface area (Å²) in [4.78, 5) is 23.3. The number of rotatable bonds is 5. The van der Waals surface area contributed by atoms with Crippen LogP contribution in [0.3, 0.4) is 0 Å². The lowest BCUT2D eigenvalue weighted by Gasteiger charge is -2.26. The molecule has 1 amide bonds. The number of hydrogen-bond acceptors (Lipinski definition) is 6. The second-order valence-electron chi connectivity index (χ2n) is 5.82. The molecule has 1 aromatic carbocycles. The highest BCUT2D eigenvalue weighted by Gasteiger charge is 2.34. The number of carbonyl (C=O) groups excluding carboxylic acids is 1. The summed E-state index contributed by atoms with van der Waals surface area (Å²) >= 11 is 7.57. The van der Waals surface area contributed by atoms with Gasteiger partial charge in [-0.25, -0.2) is 9.97 Å². The van der Waals surface area contributed by atoms with Crippen molar-refractivity contribution in [2.45, 2.75) is 24.0 Å². The number of nitrogens with zero attached hydrogens (tertiary/aromatic N) is 3. The molecule has 0 radical (unpaired) electrons. The van der Waals surface area contributed by atoms with Crippen LogP contribution in [0.5, 0.6) is 11.5 Å². The third-order valence-electron chi connectivity index (χ3n) is 4.42. The molecule has 1 fully saturated rings. The number of aromatic nitrogens is 2. The zero-order valence-electron chi connectivity index (χ0n) is 14.9. The monoisotopic (exact) mass is 393 g/mol. The maximum atomic E-state index is 13.1. The summed E-state index contributed by atoms with van der Waals surface area (Å²) < 4.78 is 10.8. The highest BCUT2D eigenvalue weighted by molar-refractivity contribution is 7.98. The number of hydrogen-bond donors (Lipinski definition) is 0. The molecule has 1 aliphatic rings. The Labute approximate surface area is 161 Å². The van der Waals surface area contributed by atoms with Crippen LogP contribution in [0, 0.1) is 0 Å². The minimum absolute atomic E-state index is 0.0906. The zero-order chi connectivity index (χ0) is 18.7. The molecule has 1 aromatic heterocycles. The normalized spacial score (nSPS) is 16.6. The first-order chi connectivity index (χ1) is 12.6. The van der Waals surface area contributed by atoms with E-state index >= 15 is 0 Å². The van der Waals surface area contributed by atoms with Crippen LogP contribution in [-0.2, 0) is 0 Å². The molecule has 0 aliphatic carbocycles. The molecule has 0 saturated carbocycles. The van der Waals surface area contributed by atoms with Gasteiger partial charge in [-0.1, -0.05) is 23.4 Å². The summed E-state index contributed by atoms with van der Waals surface area (Å²) in [5.74, 6) is 1.23. The highest BCUT2D eigenvalue weighted by atomic mass is 35.5. The van der Waals surface area contributed by atoms with Crippen LogP contribution in [0.4, 0.5) is 0 Å². The average Bonchev–Trinajstić information content (AvgIpc) is 3.16. The van der Waals surface area contributed by atoms with E-state index in [1.165, 1.54) is 18.0 Å². The fourth-order valence-electron chi connectivity index (χ4n) is 3.16. The van der Waals surface area contributed by atoms with Crippen molar-refractivity contribution >= 4 is 29.3 Å². The Bertz CT molecular complexity index is 818. The van der Waals surface area contributed by atoms with Crippen molar-refractivity contribution < 1.29 is 14.3 Å². The summed E-state index contributed by atoms with van der Waals surface area (Å²) in [5.41, 5.74) is 1.19. The summed E-state index contributed by atoms with van der Waals surface area (Å²) in [6.45, 7) is 0.646. The van der Waals surface area contributed by atoms with E-state index in [4.69, 9.17) is 21.1 Å². The van der Waals surface area contributed by atoms with Gasteiger partial charge in [0.25, 0.3) is 5.91 Å². The average molecular weight is 394 g/mol. The van der Waals surface area contributed by atoms with Gasteiger partial charge in [0, 0.05) is 18.2 Å². The first-order valence-corrected chi connectivity index (χ1v) is 9.78.